The molecule has 4 unspecified atom stereocenters. The molecule has 5 nitrogen and oxygen atoms in total. The molecular formula is C28H42FO5Si. The van der Waals surface area contributed by atoms with E-state index in [1.165, 1.54) is 6.07 Å². The fourth-order valence-corrected chi connectivity index (χ4v) is 5.73. The molecule has 195 valence electrons. The number of carboxylic acids is 1. The van der Waals surface area contributed by atoms with E-state index >= 15 is 0 Å². The van der Waals surface area contributed by atoms with Gasteiger partial charge in [-0.1, -0.05) is 52.8 Å². The molecule has 0 amide bonds. The maximum atomic E-state index is 14.2. The second-order valence-corrected chi connectivity index (χ2v) is 13.8. The second kappa shape index (κ2) is 11.5. The van der Waals surface area contributed by atoms with Crippen LogP contribution in [0.15, 0.2) is 35.9 Å². The highest BCUT2D eigenvalue weighted by atomic mass is 28.3. The standard InChI is InChI=1S/C28H42FO5Si/c1-17-13-18(9-12-23(17)29)25-21(11-10-19(30)14-20(31)15-24(32)33)28(5,6)16-22(27(2,3)4)26(25)34-35(7)8/h9-13,19-20,22,26,30-31H,14-16H2,1-8H3,(H,32,33). The number of aryl methyl sites for hydroxylation is 1. The molecule has 0 aromatic heterocycles. The molecule has 1 aromatic rings. The molecule has 7 heteroatoms. The van der Waals surface area contributed by atoms with Gasteiger partial charge in [-0.3, -0.25) is 4.79 Å². The van der Waals surface area contributed by atoms with E-state index < -0.39 is 33.6 Å². The summed E-state index contributed by atoms with van der Waals surface area (Å²) in [6.07, 6.45) is 1.58. The topological polar surface area (TPSA) is 87.0 Å². The molecule has 0 fully saturated rings. The lowest BCUT2D eigenvalue weighted by molar-refractivity contribution is -0.139. The Balaban J connectivity index is 2.68. The van der Waals surface area contributed by atoms with E-state index in [0.717, 1.165) is 23.1 Å². The molecule has 0 bridgehead atoms. The molecule has 1 radical (unpaired) electrons. The van der Waals surface area contributed by atoms with Crippen LogP contribution in [0, 0.1) is 29.5 Å². The van der Waals surface area contributed by atoms with Gasteiger partial charge in [0.2, 0.25) is 9.04 Å². The maximum Gasteiger partial charge on any atom is 0.305 e. The zero-order valence-corrected chi connectivity index (χ0v) is 23.4. The molecule has 2 rings (SSSR count). The highest BCUT2D eigenvalue weighted by Crippen LogP contribution is 2.53. The third-order valence-electron chi connectivity index (χ3n) is 6.75. The number of halogens is 1. The zero-order chi connectivity index (χ0) is 26.7. The van der Waals surface area contributed by atoms with Gasteiger partial charge in [0.15, 0.2) is 0 Å². The predicted molar refractivity (Wildman–Crippen MR) is 140 cm³/mol. The first-order valence-electron chi connectivity index (χ1n) is 12.3. The number of hydrogen-bond acceptors (Lipinski definition) is 4. The lowest BCUT2D eigenvalue weighted by Gasteiger charge is -2.49. The first kappa shape index (κ1) is 29.4. The third-order valence-corrected chi connectivity index (χ3v) is 7.48. The predicted octanol–water partition coefficient (Wildman–Crippen LogP) is 5.76. The summed E-state index contributed by atoms with van der Waals surface area (Å²) in [6, 6.07) is 5.15. The molecule has 0 saturated carbocycles. The Labute approximate surface area is 211 Å². The molecule has 4 atom stereocenters. The molecule has 0 spiro atoms. The smallest absolute Gasteiger partial charge is 0.305 e. The van der Waals surface area contributed by atoms with Crippen molar-refractivity contribution in [2.24, 2.45) is 16.7 Å². The minimum atomic E-state index is -1.13. The number of aliphatic hydroxyl groups excluding tert-OH is 2. The first-order chi connectivity index (χ1) is 16.0. The van der Waals surface area contributed by atoms with Crippen molar-refractivity contribution >= 4 is 20.6 Å². The molecule has 35 heavy (non-hydrogen) atoms. The van der Waals surface area contributed by atoms with E-state index in [1.807, 2.05) is 12.1 Å². The fourth-order valence-electron chi connectivity index (χ4n) is 4.94. The van der Waals surface area contributed by atoms with Crippen molar-refractivity contribution in [3.05, 3.63) is 52.9 Å². The number of aliphatic hydroxyl groups is 2. The Kier molecular flexibility index (Phi) is 9.67. The molecular weight excluding hydrogens is 463 g/mol. The number of benzene rings is 1. The van der Waals surface area contributed by atoms with Crippen molar-refractivity contribution < 1.29 is 28.9 Å². The minimum Gasteiger partial charge on any atom is -0.481 e. The van der Waals surface area contributed by atoms with Crippen LogP contribution in [0.5, 0.6) is 0 Å². The van der Waals surface area contributed by atoms with Crippen molar-refractivity contribution in [3.8, 4) is 0 Å². The Bertz CT molecular complexity index is 961. The number of carbonyl (C=O) groups is 1. The molecule has 3 N–H and O–H groups in total. The van der Waals surface area contributed by atoms with Crippen molar-refractivity contribution in [1.82, 2.24) is 0 Å². The van der Waals surface area contributed by atoms with Crippen molar-refractivity contribution in [2.75, 3.05) is 0 Å². The Hall–Kier alpha value is -1.80. The van der Waals surface area contributed by atoms with Crippen molar-refractivity contribution in [1.29, 1.82) is 0 Å². The van der Waals surface area contributed by atoms with Gasteiger partial charge in [0.05, 0.1) is 24.7 Å². The van der Waals surface area contributed by atoms with Crippen molar-refractivity contribution in [2.45, 2.75) is 92.2 Å². The normalized spacial score (nSPS) is 22.6. The molecule has 0 aliphatic heterocycles. The van der Waals surface area contributed by atoms with Crippen LogP contribution in [0.2, 0.25) is 13.1 Å². The lowest BCUT2D eigenvalue weighted by Crippen LogP contribution is -2.44. The monoisotopic (exact) mass is 505 g/mol. The largest absolute Gasteiger partial charge is 0.481 e. The summed E-state index contributed by atoms with van der Waals surface area (Å²) in [5.74, 6) is -1.15. The van der Waals surface area contributed by atoms with E-state index in [2.05, 4.69) is 47.7 Å². The van der Waals surface area contributed by atoms with Crippen LogP contribution >= 0.6 is 0 Å². The van der Waals surface area contributed by atoms with E-state index in [1.54, 1.807) is 19.1 Å². The Morgan fingerprint density at radius 3 is 2.43 bits per heavy atom. The summed E-state index contributed by atoms with van der Waals surface area (Å²) >= 11 is 0. The lowest BCUT2D eigenvalue weighted by atomic mass is 9.59. The average molecular weight is 506 g/mol. The highest BCUT2D eigenvalue weighted by Gasteiger charge is 2.46. The molecule has 1 aromatic carbocycles. The number of aliphatic carboxylic acids is 1. The van der Waals surface area contributed by atoms with Crippen LogP contribution in [-0.2, 0) is 9.22 Å². The van der Waals surface area contributed by atoms with E-state index in [4.69, 9.17) is 9.53 Å². The Morgan fingerprint density at radius 2 is 1.91 bits per heavy atom. The van der Waals surface area contributed by atoms with Crippen LogP contribution in [0.1, 0.15) is 65.0 Å². The number of rotatable bonds is 9. The summed E-state index contributed by atoms with van der Waals surface area (Å²) in [5.41, 5.74) is 3.17. The zero-order valence-electron chi connectivity index (χ0n) is 22.4. The van der Waals surface area contributed by atoms with Crippen molar-refractivity contribution in [3.63, 3.8) is 0 Å². The summed E-state index contributed by atoms with van der Waals surface area (Å²) in [7, 11) is -1.07. The molecule has 0 saturated heterocycles. The van der Waals surface area contributed by atoms with Gasteiger partial charge in [-0.2, -0.15) is 0 Å². The van der Waals surface area contributed by atoms with Crippen LogP contribution < -0.4 is 0 Å². The van der Waals surface area contributed by atoms with Gasteiger partial charge in [0.25, 0.3) is 0 Å². The molecule has 1 aliphatic rings. The van der Waals surface area contributed by atoms with E-state index in [-0.39, 0.29) is 35.1 Å². The quantitative estimate of drug-likeness (QED) is 0.372. The SMILES string of the molecule is Cc1cc(C2=C(C=CC(O)CC(O)CC(=O)O)C(C)(C)CC(C(C)(C)C)C2O[Si](C)C)ccc1F. The van der Waals surface area contributed by atoms with Gasteiger partial charge in [-0.05, 0) is 77.6 Å². The van der Waals surface area contributed by atoms with Crippen LogP contribution in [-0.4, -0.2) is 48.6 Å². The summed E-state index contributed by atoms with van der Waals surface area (Å²) in [4.78, 5) is 10.9. The van der Waals surface area contributed by atoms with Crippen LogP contribution in [0.4, 0.5) is 4.39 Å². The minimum absolute atomic E-state index is 0.0325. The number of hydrogen-bond donors (Lipinski definition) is 3. The fraction of sp³-hybridized carbons (Fsp3) is 0.607. The molecule has 0 heterocycles. The maximum absolute atomic E-state index is 14.2. The number of carboxylic acid groups (broad SMARTS) is 1. The van der Waals surface area contributed by atoms with Crippen LogP contribution in [0.3, 0.4) is 0 Å². The summed E-state index contributed by atoms with van der Waals surface area (Å²) < 4.78 is 20.9. The van der Waals surface area contributed by atoms with Gasteiger partial charge < -0.3 is 19.7 Å². The van der Waals surface area contributed by atoms with Gasteiger partial charge in [-0.25, -0.2) is 4.39 Å². The van der Waals surface area contributed by atoms with Gasteiger partial charge >= 0.3 is 5.97 Å². The second-order valence-electron chi connectivity index (χ2n) is 11.7. The summed E-state index contributed by atoms with van der Waals surface area (Å²) in [5, 5.41) is 29.4. The van der Waals surface area contributed by atoms with Gasteiger partial charge in [-0.15, -0.1) is 0 Å². The van der Waals surface area contributed by atoms with Gasteiger partial charge in [0, 0.05) is 6.42 Å². The summed E-state index contributed by atoms with van der Waals surface area (Å²) in [6.45, 7) is 17.0. The number of allylic oxidation sites excluding steroid dienone is 2. The third kappa shape index (κ3) is 7.84. The van der Waals surface area contributed by atoms with Gasteiger partial charge in [0.1, 0.15) is 5.82 Å². The van der Waals surface area contributed by atoms with Crippen LogP contribution in [0.25, 0.3) is 5.57 Å². The molecule has 1 aliphatic carbocycles. The van der Waals surface area contributed by atoms with E-state index in [0.29, 0.717) is 5.56 Å². The Morgan fingerprint density at radius 1 is 1.29 bits per heavy atom. The highest BCUT2D eigenvalue weighted by molar-refractivity contribution is 6.48. The average Bonchev–Trinajstić information content (AvgIpc) is 2.68. The van der Waals surface area contributed by atoms with E-state index in [9.17, 15) is 19.4 Å². The first-order valence-corrected chi connectivity index (χ1v) is 14.7.